The van der Waals surface area contributed by atoms with Gasteiger partial charge in [0.1, 0.15) is 6.04 Å². The molecule has 0 saturated carbocycles. The fourth-order valence-electron chi connectivity index (χ4n) is 1.97. The van der Waals surface area contributed by atoms with Crippen molar-refractivity contribution in [2.24, 2.45) is 0 Å². The van der Waals surface area contributed by atoms with Crippen molar-refractivity contribution in [3.8, 4) is 0 Å². The maximum atomic E-state index is 11.9. The summed E-state index contributed by atoms with van der Waals surface area (Å²) >= 11 is 0. The van der Waals surface area contributed by atoms with Gasteiger partial charge in [-0.15, -0.1) is 0 Å². The Labute approximate surface area is 110 Å². The predicted octanol–water partition coefficient (Wildman–Crippen LogP) is -0.879. The van der Waals surface area contributed by atoms with Crippen LogP contribution in [0.25, 0.3) is 0 Å². The Hall–Kier alpha value is -1.83. The lowest BCUT2D eigenvalue weighted by Gasteiger charge is -2.38. The van der Waals surface area contributed by atoms with E-state index in [1.165, 1.54) is 18.9 Å². The van der Waals surface area contributed by atoms with Gasteiger partial charge in [-0.05, 0) is 6.92 Å². The van der Waals surface area contributed by atoms with Gasteiger partial charge in [-0.1, -0.05) is 0 Å². The van der Waals surface area contributed by atoms with Gasteiger partial charge >= 0.3 is 12.1 Å². The first kappa shape index (κ1) is 15.2. The Morgan fingerprint density at radius 1 is 1.47 bits per heavy atom. The summed E-state index contributed by atoms with van der Waals surface area (Å²) in [4.78, 5) is 36.2. The number of nitrogens with zero attached hydrogens (tertiary/aromatic N) is 2. The number of carbonyl (C=O) groups excluding carboxylic acids is 2. The topological polar surface area (TPSA) is 107 Å². The minimum Gasteiger partial charge on any atom is -0.469 e. The van der Waals surface area contributed by atoms with Gasteiger partial charge in [-0.25, -0.2) is 4.79 Å². The quantitative estimate of drug-likeness (QED) is 0.645. The average Bonchev–Trinajstić information content (AvgIpc) is 2.34. The van der Waals surface area contributed by atoms with Crippen LogP contribution in [0.2, 0.25) is 0 Å². The van der Waals surface area contributed by atoms with Crippen LogP contribution in [0.15, 0.2) is 0 Å². The molecule has 19 heavy (non-hydrogen) atoms. The van der Waals surface area contributed by atoms with E-state index >= 15 is 0 Å². The van der Waals surface area contributed by atoms with E-state index in [1.807, 2.05) is 0 Å². The second-order valence-electron chi connectivity index (χ2n) is 4.37. The Morgan fingerprint density at radius 2 is 2.11 bits per heavy atom. The number of hydrogen-bond acceptors (Lipinski definition) is 5. The van der Waals surface area contributed by atoms with Crippen molar-refractivity contribution in [2.45, 2.75) is 25.5 Å². The zero-order chi connectivity index (χ0) is 14.6. The van der Waals surface area contributed by atoms with Crippen LogP contribution in [0.3, 0.4) is 0 Å². The number of hydrogen-bond donors (Lipinski definition) is 2. The number of amides is 2. The number of ether oxygens (including phenoxy) is 1. The average molecular weight is 274 g/mol. The number of carboxylic acid groups (broad SMARTS) is 1. The van der Waals surface area contributed by atoms with E-state index in [4.69, 9.17) is 5.11 Å². The van der Waals surface area contributed by atoms with E-state index in [9.17, 15) is 19.5 Å². The number of aliphatic hydroxyl groups excluding tert-OH is 1. The molecule has 1 heterocycles. The highest BCUT2D eigenvalue weighted by atomic mass is 16.5. The zero-order valence-corrected chi connectivity index (χ0v) is 10.9. The van der Waals surface area contributed by atoms with Gasteiger partial charge in [-0.3, -0.25) is 14.5 Å². The molecule has 1 aliphatic rings. The Kier molecular flexibility index (Phi) is 5.11. The number of β-amino-alcohol motifs (C(OH)–C–C–N with tert-alkyl or cyclic N) is 1. The third-order valence-electron chi connectivity index (χ3n) is 3.05. The molecule has 2 unspecified atom stereocenters. The molecule has 0 aliphatic carbocycles. The van der Waals surface area contributed by atoms with E-state index < -0.39 is 24.2 Å². The van der Waals surface area contributed by atoms with Crippen molar-refractivity contribution >= 4 is 18.0 Å². The van der Waals surface area contributed by atoms with E-state index in [1.54, 1.807) is 0 Å². The lowest BCUT2D eigenvalue weighted by atomic mass is 10.1. The van der Waals surface area contributed by atoms with Crippen LogP contribution in [0, 0.1) is 0 Å². The minimum absolute atomic E-state index is 0.00820. The van der Waals surface area contributed by atoms with Gasteiger partial charge in [-0.2, -0.15) is 0 Å². The van der Waals surface area contributed by atoms with E-state index in [0.717, 1.165) is 4.90 Å². The Balaban J connectivity index is 2.55. The van der Waals surface area contributed by atoms with Crippen molar-refractivity contribution in [3.63, 3.8) is 0 Å². The van der Waals surface area contributed by atoms with Crippen LogP contribution in [-0.4, -0.2) is 76.9 Å². The van der Waals surface area contributed by atoms with Crippen molar-refractivity contribution in [1.29, 1.82) is 0 Å². The summed E-state index contributed by atoms with van der Waals surface area (Å²) in [5, 5.41) is 18.5. The summed E-state index contributed by atoms with van der Waals surface area (Å²) in [7, 11) is 1.22. The molecule has 0 spiro atoms. The normalized spacial score (nSPS) is 21.2. The van der Waals surface area contributed by atoms with Crippen LogP contribution < -0.4 is 0 Å². The van der Waals surface area contributed by atoms with Gasteiger partial charge in [0.05, 0.1) is 19.6 Å². The Morgan fingerprint density at radius 3 is 2.63 bits per heavy atom. The lowest BCUT2D eigenvalue weighted by Crippen LogP contribution is -2.58. The molecule has 108 valence electrons. The molecule has 0 aromatic carbocycles. The van der Waals surface area contributed by atoms with Crippen LogP contribution in [-0.2, 0) is 14.3 Å². The molecule has 0 bridgehead atoms. The highest BCUT2D eigenvalue weighted by Gasteiger charge is 2.35. The van der Waals surface area contributed by atoms with Gasteiger partial charge in [0.25, 0.3) is 0 Å². The largest absolute Gasteiger partial charge is 0.469 e. The highest BCUT2D eigenvalue weighted by Crippen LogP contribution is 2.12. The molecule has 8 nitrogen and oxygen atoms in total. The number of carbonyl (C=O) groups is 3. The molecule has 1 aliphatic heterocycles. The van der Waals surface area contributed by atoms with Crippen molar-refractivity contribution in [1.82, 2.24) is 9.80 Å². The minimum atomic E-state index is -1.14. The van der Waals surface area contributed by atoms with Crippen molar-refractivity contribution in [2.75, 3.05) is 26.7 Å². The molecule has 1 saturated heterocycles. The van der Waals surface area contributed by atoms with Gasteiger partial charge < -0.3 is 19.8 Å². The van der Waals surface area contributed by atoms with E-state index in [2.05, 4.69) is 4.74 Å². The molecule has 1 rings (SSSR count). The molecule has 0 aromatic heterocycles. The molecule has 0 aromatic rings. The summed E-state index contributed by atoms with van der Waals surface area (Å²) < 4.78 is 4.42. The highest BCUT2D eigenvalue weighted by molar-refractivity contribution is 5.86. The fraction of sp³-hybridized carbons (Fsp3) is 0.727. The van der Waals surface area contributed by atoms with Gasteiger partial charge in [0.15, 0.2) is 0 Å². The first-order valence-electron chi connectivity index (χ1n) is 5.90. The molecule has 2 N–H and O–H groups in total. The van der Waals surface area contributed by atoms with Crippen LogP contribution in [0.1, 0.15) is 13.3 Å². The maximum Gasteiger partial charge on any atom is 0.408 e. The monoisotopic (exact) mass is 274 g/mol. The standard InChI is InChI=1S/C11H18N2O6/c1-7-10(16)12(3-4-13(7)11(17)18)6-8(14)5-9(15)19-2/h7-8,14H,3-6H2,1-2H3,(H,17,18). The zero-order valence-electron chi connectivity index (χ0n) is 10.9. The number of methoxy groups -OCH3 is 1. The molecule has 1 fully saturated rings. The smallest absolute Gasteiger partial charge is 0.408 e. The number of esters is 1. The summed E-state index contributed by atoms with van der Waals surface area (Å²) in [5.74, 6) is -0.935. The van der Waals surface area contributed by atoms with Gasteiger partial charge in [0, 0.05) is 19.6 Å². The van der Waals surface area contributed by atoms with Gasteiger partial charge in [0.2, 0.25) is 5.91 Å². The SMILES string of the molecule is COC(=O)CC(O)CN1CCN(C(=O)O)C(C)C1=O. The second-order valence-corrected chi connectivity index (χ2v) is 4.37. The molecular formula is C11H18N2O6. The van der Waals surface area contributed by atoms with Crippen LogP contribution in [0.4, 0.5) is 4.79 Å². The number of rotatable bonds is 4. The number of piperazine rings is 1. The van der Waals surface area contributed by atoms with Crippen LogP contribution in [0.5, 0.6) is 0 Å². The third-order valence-corrected chi connectivity index (χ3v) is 3.05. The fourth-order valence-corrected chi connectivity index (χ4v) is 1.97. The third kappa shape index (κ3) is 3.82. The summed E-state index contributed by atoms with van der Waals surface area (Å²) in [5.41, 5.74) is 0. The van der Waals surface area contributed by atoms with Crippen LogP contribution >= 0.6 is 0 Å². The van der Waals surface area contributed by atoms with Crippen molar-refractivity contribution < 1.29 is 29.3 Å². The van der Waals surface area contributed by atoms with E-state index in [0.29, 0.717) is 0 Å². The Bertz CT molecular complexity index is 372. The first-order chi connectivity index (χ1) is 8.86. The molecular weight excluding hydrogens is 256 g/mol. The summed E-state index contributed by atoms with van der Waals surface area (Å²) in [6.45, 7) is 1.88. The summed E-state index contributed by atoms with van der Waals surface area (Å²) in [6, 6.07) is -0.781. The summed E-state index contributed by atoms with van der Waals surface area (Å²) in [6.07, 6.45) is -2.35. The molecule has 0 radical (unpaired) electrons. The molecule has 8 heteroatoms. The lowest BCUT2D eigenvalue weighted by molar-refractivity contribution is -0.146. The second kappa shape index (κ2) is 6.37. The number of aliphatic hydroxyl groups is 1. The van der Waals surface area contributed by atoms with E-state index in [-0.39, 0.29) is 32.0 Å². The molecule has 2 amide bonds. The van der Waals surface area contributed by atoms with Crippen molar-refractivity contribution in [3.05, 3.63) is 0 Å². The predicted molar refractivity (Wildman–Crippen MR) is 63.4 cm³/mol. The maximum absolute atomic E-state index is 11.9. The molecule has 2 atom stereocenters. The first-order valence-corrected chi connectivity index (χ1v) is 5.90.